The molecule has 2 saturated carbocycles. The van der Waals surface area contributed by atoms with Crippen LogP contribution in [0.5, 0.6) is 0 Å². The van der Waals surface area contributed by atoms with Crippen LogP contribution in [0.2, 0.25) is 0 Å². The van der Waals surface area contributed by atoms with Crippen molar-refractivity contribution in [2.45, 2.75) is 94.8 Å². The second-order valence-electron chi connectivity index (χ2n) is 12.2. The number of anilines is 1. The third-order valence-corrected chi connectivity index (χ3v) is 10.6. The lowest BCUT2D eigenvalue weighted by molar-refractivity contribution is -0.0485. The van der Waals surface area contributed by atoms with Crippen molar-refractivity contribution >= 4 is 38.8 Å². The maximum atomic E-state index is 14.1. The molecule has 38 heavy (non-hydrogen) atoms. The number of allylic oxidation sites excluding steroid dienone is 1. The van der Waals surface area contributed by atoms with E-state index in [1.165, 1.54) is 62.7 Å². The molecule has 1 aromatic heterocycles. The zero-order chi connectivity index (χ0) is 26.0. The van der Waals surface area contributed by atoms with Crippen molar-refractivity contribution in [3.05, 3.63) is 57.6 Å². The van der Waals surface area contributed by atoms with Gasteiger partial charge in [-0.05, 0) is 84.8 Å². The van der Waals surface area contributed by atoms with Crippen LogP contribution in [0.4, 0.5) is 10.6 Å². The number of piperidine rings is 2. The second kappa shape index (κ2) is 9.63. The molecule has 200 valence electrons. The van der Waals surface area contributed by atoms with Crippen LogP contribution in [-0.2, 0) is 0 Å². The number of halogens is 1. The number of benzene rings is 1. The number of nitrogens with one attached hydrogen (secondary N) is 1. The zero-order valence-corrected chi connectivity index (χ0v) is 23.4. The molecule has 3 aliphatic heterocycles. The molecule has 1 aromatic carbocycles. The van der Waals surface area contributed by atoms with Crippen molar-refractivity contribution < 1.29 is 4.79 Å². The number of para-hydroxylation sites is 2. The minimum atomic E-state index is -0.417. The molecule has 6 atom stereocenters. The maximum Gasteiger partial charge on any atom is 0.331 e. The molecule has 4 bridgehead atoms. The first-order chi connectivity index (χ1) is 18.5. The van der Waals surface area contributed by atoms with Crippen molar-refractivity contribution in [3.8, 4) is 0 Å². The summed E-state index contributed by atoms with van der Waals surface area (Å²) in [6.45, 7) is 3.85. The number of urea groups is 1. The number of hydrogen-bond acceptors (Lipinski definition) is 4. The van der Waals surface area contributed by atoms with Gasteiger partial charge < -0.3 is 9.88 Å². The fourth-order valence-corrected chi connectivity index (χ4v) is 8.76. The first kappa shape index (κ1) is 24.6. The summed E-state index contributed by atoms with van der Waals surface area (Å²) in [5.74, 6) is 1.97. The third-order valence-electron chi connectivity index (χ3n) is 9.91. The van der Waals surface area contributed by atoms with Crippen LogP contribution in [0.25, 0.3) is 11.0 Å². The molecular weight excluding hydrogens is 542 g/mol. The number of carbonyl (C=O) groups excluding carboxylic acids is 1. The Balaban J connectivity index is 1.26. The highest BCUT2D eigenvalue weighted by molar-refractivity contribution is 9.12. The van der Waals surface area contributed by atoms with Crippen molar-refractivity contribution in [3.63, 3.8) is 0 Å². The summed E-state index contributed by atoms with van der Waals surface area (Å²) in [7, 11) is 0. The lowest BCUT2D eigenvalue weighted by atomic mass is 9.68. The Hall–Kier alpha value is -2.45. The number of carbonyl (C=O) groups is 1. The van der Waals surface area contributed by atoms with Gasteiger partial charge in [0.25, 0.3) is 5.56 Å². The molecular formula is C30H36BrN5O2. The minimum absolute atomic E-state index is 0.0963. The molecule has 4 heterocycles. The molecule has 2 amide bonds. The summed E-state index contributed by atoms with van der Waals surface area (Å²) in [5.41, 5.74) is 1.86. The molecule has 0 spiro atoms. The van der Waals surface area contributed by atoms with Gasteiger partial charge in [-0.25, -0.2) is 14.7 Å². The van der Waals surface area contributed by atoms with Crippen LogP contribution in [-0.4, -0.2) is 38.6 Å². The lowest BCUT2D eigenvalue weighted by Gasteiger charge is -2.55. The highest BCUT2D eigenvalue weighted by Crippen LogP contribution is 2.47. The van der Waals surface area contributed by atoms with Gasteiger partial charge in [-0.1, -0.05) is 44.4 Å². The smallest absolute Gasteiger partial charge is 0.307 e. The molecule has 1 N–H and O–H groups in total. The summed E-state index contributed by atoms with van der Waals surface area (Å²) >= 11 is 3.45. The Kier molecular flexibility index (Phi) is 6.23. The largest absolute Gasteiger partial charge is 0.331 e. The Morgan fingerprint density at radius 3 is 2.29 bits per heavy atom. The molecule has 0 unspecified atom stereocenters. The standard InChI is InChI=1S/C30H36BrN5O2/c1-18-25(31)17-34(30(38)32-18)28-29(37)36(27-11-3-2-10-26(27)33-28)24-15-21-8-5-9-22(16-24)35(21)23-13-19-6-4-7-20(12-19)14-23/h2-3,10-11,17,19-24H,1,4-9,12-16H2,(H,32,38)/t19-,20+,21-,22+,23+,24+. The van der Waals surface area contributed by atoms with Gasteiger partial charge in [0.15, 0.2) is 0 Å². The van der Waals surface area contributed by atoms with Gasteiger partial charge in [0, 0.05) is 30.4 Å². The van der Waals surface area contributed by atoms with E-state index in [0.29, 0.717) is 28.3 Å². The molecule has 2 saturated heterocycles. The first-order valence-electron chi connectivity index (χ1n) is 14.4. The average Bonchev–Trinajstić information content (AvgIpc) is 2.89. The Morgan fingerprint density at radius 2 is 1.55 bits per heavy atom. The summed E-state index contributed by atoms with van der Waals surface area (Å²) in [5, 5.41) is 2.73. The predicted octanol–water partition coefficient (Wildman–Crippen LogP) is 6.20. The number of nitrogens with zero attached hydrogens (tertiary/aromatic N) is 4. The van der Waals surface area contributed by atoms with Gasteiger partial charge in [0.05, 0.1) is 21.2 Å². The van der Waals surface area contributed by atoms with Gasteiger partial charge in [-0.15, -0.1) is 0 Å². The molecule has 0 radical (unpaired) electrons. The van der Waals surface area contributed by atoms with E-state index >= 15 is 0 Å². The van der Waals surface area contributed by atoms with E-state index in [0.717, 1.165) is 35.7 Å². The van der Waals surface area contributed by atoms with Crippen LogP contribution in [0.15, 0.2) is 52.0 Å². The van der Waals surface area contributed by atoms with Crippen LogP contribution >= 0.6 is 15.9 Å². The van der Waals surface area contributed by atoms with E-state index in [9.17, 15) is 9.59 Å². The van der Waals surface area contributed by atoms with E-state index in [1.807, 2.05) is 28.8 Å². The van der Waals surface area contributed by atoms with Crippen LogP contribution < -0.4 is 15.8 Å². The monoisotopic (exact) mass is 577 g/mol. The topological polar surface area (TPSA) is 70.5 Å². The number of amides is 2. The highest BCUT2D eigenvalue weighted by atomic mass is 79.9. The van der Waals surface area contributed by atoms with Crippen LogP contribution in [0, 0.1) is 11.8 Å². The van der Waals surface area contributed by atoms with E-state index in [-0.39, 0.29) is 17.4 Å². The number of rotatable bonds is 3. The summed E-state index contributed by atoms with van der Waals surface area (Å²) in [6.07, 6.45) is 15.7. The summed E-state index contributed by atoms with van der Waals surface area (Å²) < 4.78 is 2.59. The third kappa shape index (κ3) is 4.15. The number of fused-ring (bicyclic) bond motifs is 5. The minimum Gasteiger partial charge on any atom is -0.307 e. The van der Waals surface area contributed by atoms with Crippen molar-refractivity contribution in [2.24, 2.45) is 11.8 Å². The van der Waals surface area contributed by atoms with E-state index in [4.69, 9.17) is 0 Å². The van der Waals surface area contributed by atoms with Crippen LogP contribution in [0.3, 0.4) is 0 Å². The summed E-state index contributed by atoms with van der Waals surface area (Å²) in [4.78, 5) is 36.0. The van der Waals surface area contributed by atoms with Crippen molar-refractivity contribution in [1.29, 1.82) is 0 Å². The average molecular weight is 579 g/mol. The Morgan fingerprint density at radius 1 is 0.868 bits per heavy atom. The van der Waals surface area contributed by atoms with Gasteiger partial charge in [0.2, 0.25) is 5.82 Å². The van der Waals surface area contributed by atoms with Gasteiger partial charge in [0.1, 0.15) is 0 Å². The quantitative estimate of drug-likeness (QED) is 0.471. The van der Waals surface area contributed by atoms with E-state index in [2.05, 4.69) is 37.7 Å². The zero-order valence-electron chi connectivity index (χ0n) is 21.8. The van der Waals surface area contributed by atoms with Crippen molar-refractivity contribution in [1.82, 2.24) is 19.8 Å². The highest BCUT2D eigenvalue weighted by Gasteiger charge is 2.45. The Bertz CT molecular complexity index is 1360. The fraction of sp³-hybridized carbons (Fsp3) is 0.567. The predicted molar refractivity (Wildman–Crippen MR) is 153 cm³/mol. The maximum absolute atomic E-state index is 14.1. The molecule has 2 aliphatic carbocycles. The second-order valence-corrected chi connectivity index (χ2v) is 13.0. The normalized spacial score (nSPS) is 33.7. The lowest BCUT2D eigenvalue weighted by Crippen LogP contribution is -2.58. The SMILES string of the molecule is C=C1NC(=O)N(c2nc3ccccc3n([C@H]3C[C@H]4CCC[C@@H](C3)N4[C@H]3C[C@@H]4CCC[C@@H](C4)C3)c2=O)C=C1Br. The first-order valence-corrected chi connectivity index (χ1v) is 15.2. The van der Waals surface area contributed by atoms with E-state index in [1.54, 1.807) is 6.20 Å². The fourth-order valence-electron chi connectivity index (χ4n) is 8.45. The van der Waals surface area contributed by atoms with Gasteiger partial charge in [-0.3, -0.25) is 9.69 Å². The van der Waals surface area contributed by atoms with E-state index < -0.39 is 6.03 Å². The molecule has 8 heteroatoms. The summed E-state index contributed by atoms with van der Waals surface area (Å²) in [6, 6.07) is 9.29. The van der Waals surface area contributed by atoms with Gasteiger partial charge in [-0.2, -0.15) is 0 Å². The van der Waals surface area contributed by atoms with Gasteiger partial charge >= 0.3 is 6.03 Å². The molecule has 5 aliphatic rings. The number of hydrogen-bond donors (Lipinski definition) is 1. The molecule has 7 rings (SSSR count). The molecule has 7 nitrogen and oxygen atoms in total. The van der Waals surface area contributed by atoms with Crippen molar-refractivity contribution in [2.75, 3.05) is 4.90 Å². The Labute approximate surface area is 232 Å². The molecule has 4 fully saturated rings. The number of aromatic nitrogens is 2. The molecule has 2 aromatic rings. The van der Waals surface area contributed by atoms with Crippen LogP contribution in [0.1, 0.15) is 76.7 Å².